The van der Waals surface area contributed by atoms with Crippen molar-refractivity contribution in [3.05, 3.63) is 51.7 Å². The predicted octanol–water partition coefficient (Wildman–Crippen LogP) is 4.38. The molecule has 2 nitrogen and oxygen atoms in total. The Hall–Kier alpha value is -1.32. The van der Waals surface area contributed by atoms with Crippen LogP contribution in [0.2, 0.25) is 0 Å². The molecule has 3 heteroatoms. The van der Waals surface area contributed by atoms with Gasteiger partial charge in [0.25, 0.3) is 0 Å². The van der Waals surface area contributed by atoms with Crippen LogP contribution < -0.4 is 5.32 Å². The fourth-order valence-electron chi connectivity index (χ4n) is 2.06. The number of hydrogen-bond donors (Lipinski definition) is 1. The largest absolute Gasteiger partial charge is 0.380 e. The molecule has 1 heterocycles. The maximum Gasteiger partial charge on any atom is 0.0713 e. The van der Waals surface area contributed by atoms with Gasteiger partial charge in [0.1, 0.15) is 0 Å². The molecule has 1 aromatic carbocycles. The van der Waals surface area contributed by atoms with Crippen molar-refractivity contribution in [1.82, 2.24) is 0 Å². The number of benzene rings is 1. The quantitative estimate of drug-likeness (QED) is 0.862. The second-order valence-corrected chi connectivity index (χ2v) is 5.41. The van der Waals surface area contributed by atoms with Gasteiger partial charge >= 0.3 is 0 Å². The van der Waals surface area contributed by atoms with Crippen molar-refractivity contribution in [1.29, 1.82) is 0 Å². The zero-order valence-corrected chi connectivity index (χ0v) is 11.9. The van der Waals surface area contributed by atoms with Crippen LogP contribution in [0.1, 0.15) is 29.0 Å². The first-order chi connectivity index (χ1) is 8.70. The van der Waals surface area contributed by atoms with Crippen LogP contribution in [-0.2, 0) is 11.3 Å². The van der Waals surface area contributed by atoms with Crippen molar-refractivity contribution < 1.29 is 4.74 Å². The number of methoxy groups -OCH3 is 1. The molecule has 2 aromatic rings. The first-order valence-electron chi connectivity index (χ1n) is 6.09. The fraction of sp³-hybridized carbons (Fsp3) is 0.333. The van der Waals surface area contributed by atoms with Crippen LogP contribution in [0.15, 0.2) is 35.7 Å². The second-order valence-electron chi connectivity index (χ2n) is 4.47. The average molecular weight is 261 g/mol. The molecule has 0 amide bonds. The molecule has 2 rings (SSSR count). The third-order valence-corrected chi connectivity index (χ3v) is 4.12. The highest BCUT2D eigenvalue weighted by Crippen LogP contribution is 2.27. The van der Waals surface area contributed by atoms with Gasteiger partial charge in [0.15, 0.2) is 0 Å². The van der Waals surface area contributed by atoms with E-state index in [1.807, 2.05) is 0 Å². The third kappa shape index (κ3) is 3.12. The van der Waals surface area contributed by atoms with Crippen molar-refractivity contribution in [2.75, 3.05) is 12.4 Å². The molecular formula is C15H19NOS. The monoisotopic (exact) mass is 261 g/mol. The zero-order valence-electron chi connectivity index (χ0n) is 11.1. The van der Waals surface area contributed by atoms with Gasteiger partial charge < -0.3 is 10.1 Å². The van der Waals surface area contributed by atoms with Gasteiger partial charge in [0.05, 0.1) is 12.6 Å². The van der Waals surface area contributed by atoms with E-state index >= 15 is 0 Å². The van der Waals surface area contributed by atoms with Gasteiger partial charge in [-0.2, -0.15) is 0 Å². The first kappa shape index (κ1) is 13.1. The molecular weight excluding hydrogens is 242 g/mol. The molecule has 1 N–H and O–H groups in total. The fourth-order valence-corrected chi connectivity index (χ4v) is 3.00. The number of thiophene rings is 1. The molecule has 0 radical (unpaired) electrons. The topological polar surface area (TPSA) is 21.3 Å². The Morgan fingerprint density at radius 1 is 1.33 bits per heavy atom. The lowest BCUT2D eigenvalue weighted by Gasteiger charge is -2.15. The van der Waals surface area contributed by atoms with Crippen molar-refractivity contribution in [3.8, 4) is 0 Å². The van der Waals surface area contributed by atoms with E-state index < -0.39 is 0 Å². The number of nitrogens with one attached hydrogen (secondary N) is 1. The van der Waals surface area contributed by atoms with Crippen LogP contribution >= 0.6 is 11.3 Å². The smallest absolute Gasteiger partial charge is 0.0713 e. The first-order valence-corrected chi connectivity index (χ1v) is 6.97. The molecule has 1 aromatic heterocycles. The van der Waals surface area contributed by atoms with E-state index in [0.717, 1.165) is 5.69 Å². The molecule has 18 heavy (non-hydrogen) atoms. The summed E-state index contributed by atoms with van der Waals surface area (Å²) in [7, 11) is 1.72. The minimum atomic E-state index is 0.336. The van der Waals surface area contributed by atoms with Gasteiger partial charge in [-0.15, -0.1) is 11.3 Å². The van der Waals surface area contributed by atoms with Crippen LogP contribution in [0.4, 0.5) is 5.69 Å². The highest BCUT2D eigenvalue weighted by Gasteiger charge is 2.09. The van der Waals surface area contributed by atoms with Crippen molar-refractivity contribution in [2.45, 2.75) is 26.5 Å². The average Bonchev–Trinajstić information content (AvgIpc) is 2.76. The van der Waals surface area contributed by atoms with Gasteiger partial charge in [-0.05, 0) is 48.6 Å². The van der Waals surface area contributed by atoms with Crippen LogP contribution in [0.3, 0.4) is 0 Å². The van der Waals surface area contributed by atoms with Crippen LogP contribution in [0.5, 0.6) is 0 Å². The molecule has 0 saturated heterocycles. The van der Waals surface area contributed by atoms with Gasteiger partial charge in [-0.25, -0.2) is 0 Å². The number of anilines is 1. The van der Waals surface area contributed by atoms with E-state index in [0.29, 0.717) is 12.6 Å². The Bertz CT molecular complexity index is 507. The standard InChI is InChI=1S/C15H19NOS/c1-11-7-8-18-15(11)12(2)16-14-6-4-5-13(9-14)10-17-3/h4-9,12,16H,10H2,1-3H3. The Balaban J connectivity index is 2.09. The molecule has 96 valence electrons. The minimum Gasteiger partial charge on any atom is -0.380 e. The molecule has 1 unspecified atom stereocenters. The number of hydrogen-bond acceptors (Lipinski definition) is 3. The lowest BCUT2D eigenvalue weighted by molar-refractivity contribution is 0.185. The molecule has 0 aliphatic heterocycles. The number of ether oxygens (including phenoxy) is 1. The predicted molar refractivity (Wildman–Crippen MR) is 78.2 cm³/mol. The van der Waals surface area contributed by atoms with E-state index in [-0.39, 0.29) is 0 Å². The molecule has 0 spiro atoms. The van der Waals surface area contributed by atoms with Gasteiger partial charge in [-0.1, -0.05) is 12.1 Å². The summed E-state index contributed by atoms with van der Waals surface area (Å²) in [6.45, 7) is 5.01. The van der Waals surface area contributed by atoms with E-state index in [9.17, 15) is 0 Å². The maximum atomic E-state index is 5.15. The molecule has 0 fully saturated rings. The van der Waals surface area contributed by atoms with E-state index in [2.05, 4.69) is 54.9 Å². The molecule has 0 saturated carbocycles. The molecule has 0 aliphatic rings. The van der Waals surface area contributed by atoms with Crippen LogP contribution in [0, 0.1) is 6.92 Å². The van der Waals surface area contributed by atoms with Crippen LogP contribution in [-0.4, -0.2) is 7.11 Å². The molecule has 0 bridgehead atoms. The van der Waals surface area contributed by atoms with Gasteiger partial charge in [-0.3, -0.25) is 0 Å². The highest BCUT2D eigenvalue weighted by molar-refractivity contribution is 7.10. The van der Waals surface area contributed by atoms with Crippen molar-refractivity contribution in [2.24, 2.45) is 0 Å². The Morgan fingerprint density at radius 2 is 2.17 bits per heavy atom. The lowest BCUT2D eigenvalue weighted by atomic mass is 10.1. The van der Waals surface area contributed by atoms with Crippen molar-refractivity contribution >= 4 is 17.0 Å². The summed E-state index contributed by atoms with van der Waals surface area (Å²) in [4.78, 5) is 1.40. The normalized spacial score (nSPS) is 12.4. The SMILES string of the molecule is COCc1cccc(NC(C)c2sccc2C)c1. The van der Waals surface area contributed by atoms with E-state index in [1.54, 1.807) is 18.4 Å². The lowest BCUT2D eigenvalue weighted by Crippen LogP contribution is -2.06. The number of rotatable bonds is 5. The van der Waals surface area contributed by atoms with Gasteiger partial charge in [0.2, 0.25) is 0 Å². The van der Waals surface area contributed by atoms with Crippen LogP contribution in [0.25, 0.3) is 0 Å². The summed E-state index contributed by atoms with van der Waals surface area (Å²) in [5, 5.41) is 5.68. The summed E-state index contributed by atoms with van der Waals surface area (Å²) in [6, 6.07) is 10.9. The van der Waals surface area contributed by atoms with Gasteiger partial charge in [0, 0.05) is 17.7 Å². The summed E-state index contributed by atoms with van der Waals surface area (Å²) in [5.74, 6) is 0. The number of aryl methyl sites for hydroxylation is 1. The summed E-state index contributed by atoms with van der Waals surface area (Å²) < 4.78 is 5.15. The second kappa shape index (κ2) is 6.03. The summed E-state index contributed by atoms with van der Waals surface area (Å²) >= 11 is 1.80. The molecule has 1 atom stereocenters. The van der Waals surface area contributed by atoms with E-state index in [1.165, 1.54) is 16.0 Å². The maximum absolute atomic E-state index is 5.15. The third-order valence-electron chi connectivity index (χ3n) is 2.92. The zero-order chi connectivity index (χ0) is 13.0. The van der Waals surface area contributed by atoms with Crippen molar-refractivity contribution in [3.63, 3.8) is 0 Å². The van der Waals surface area contributed by atoms with E-state index in [4.69, 9.17) is 4.74 Å². The Morgan fingerprint density at radius 3 is 2.83 bits per heavy atom. The Kier molecular flexibility index (Phi) is 4.39. The minimum absolute atomic E-state index is 0.336. The summed E-state index contributed by atoms with van der Waals surface area (Å²) in [6.07, 6.45) is 0. The Labute approximate surface area is 113 Å². The molecule has 0 aliphatic carbocycles. The highest BCUT2D eigenvalue weighted by atomic mass is 32.1. The summed E-state index contributed by atoms with van der Waals surface area (Å²) in [5.41, 5.74) is 3.69.